The summed E-state index contributed by atoms with van der Waals surface area (Å²) in [5.41, 5.74) is 16.5. The Kier molecular flexibility index (Phi) is 15.1. The highest BCUT2D eigenvalue weighted by molar-refractivity contribution is 5.88. The van der Waals surface area contributed by atoms with Crippen molar-refractivity contribution in [2.45, 2.75) is 85.7 Å². The summed E-state index contributed by atoms with van der Waals surface area (Å²) in [5, 5.41) is 35.9. The van der Waals surface area contributed by atoms with Gasteiger partial charge in [0.15, 0.2) is 0 Å². The van der Waals surface area contributed by atoms with Crippen LogP contribution in [-0.4, -0.2) is 68.5 Å². The Bertz CT molecular complexity index is 3140. The number of guanidine groups is 1. The topological polar surface area (TPSA) is 266 Å². The maximum Gasteiger partial charge on any atom is 0.306 e. The number of aliphatic carboxylic acids is 1. The third kappa shape index (κ3) is 11.1. The zero-order valence-corrected chi connectivity index (χ0v) is 37.5. The molecule has 350 valence electrons. The van der Waals surface area contributed by atoms with Gasteiger partial charge in [-0.05, 0) is 129 Å². The molecule has 3 atom stereocenters. The summed E-state index contributed by atoms with van der Waals surface area (Å²) in [7, 11) is 3.53. The zero-order valence-electron chi connectivity index (χ0n) is 37.5. The summed E-state index contributed by atoms with van der Waals surface area (Å²) in [6.07, 6.45) is 6.75. The third-order valence-electron chi connectivity index (χ3n) is 11.9. The zero-order chi connectivity index (χ0) is 47.4. The van der Waals surface area contributed by atoms with Crippen molar-refractivity contribution in [1.82, 2.24) is 34.7 Å². The predicted octanol–water partition coefficient (Wildman–Crippen LogP) is 7.19. The molecule has 2 aromatic carbocycles. The third-order valence-corrected chi connectivity index (χ3v) is 11.9. The molecule has 7 aromatic rings. The van der Waals surface area contributed by atoms with Gasteiger partial charge < -0.3 is 34.9 Å². The average Bonchev–Trinajstić information content (AvgIpc) is 4.07. The Balaban J connectivity index is 0.000000188. The lowest BCUT2D eigenvalue weighted by atomic mass is 9.99. The van der Waals surface area contributed by atoms with Crippen LogP contribution in [0.2, 0.25) is 0 Å². The number of aryl methyl sites for hydroxylation is 6. The molecular weight excluding hydrogens is 857 g/mol. The number of nitrogens with one attached hydrogen (secondary N) is 2. The van der Waals surface area contributed by atoms with Crippen molar-refractivity contribution in [2.75, 3.05) is 5.32 Å². The molecule has 0 radical (unpaired) electrons. The van der Waals surface area contributed by atoms with Gasteiger partial charge in [-0.15, -0.1) is 0 Å². The van der Waals surface area contributed by atoms with Gasteiger partial charge in [-0.25, -0.2) is 10.5 Å². The van der Waals surface area contributed by atoms with Crippen LogP contribution in [0, 0.1) is 33.6 Å². The lowest BCUT2D eigenvalue weighted by Crippen LogP contribution is -2.27. The molecule has 7 N–H and O–H groups in total. The molecular formula is C49H56N10O8. The molecule has 2 fully saturated rings. The van der Waals surface area contributed by atoms with E-state index in [0.29, 0.717) is 47.9 Å². The fraction of sp³-hybridized carbons (Fsp3) is 0.327. The van der Waals surface area contributed by atoms with Gasteiger partial charge >= 0.3 is 5.97 Å². The number of carboxylic acids is 1. The summed E-state index contributed by atoms with van der Waals surface area (Å²) >= 11 is 0. The number of carbonyl (C=O) groups excluding carboxylic acids is 1. The minimum atomic E-state index is -0.833. The molecule has 0 aliphatic heterocycles. The van der Waals surface area contributed by atoms with E-state index in [1.807, 2.05) is 76.2 Å². The highest BCUT2D eigenvalue weighted by atomic mass is 16.5. The Morgan fingerprint density at radius 3 is 1.90 bits per heavy atom. The van der Waals surface area contributed by atoms with Gasteiger partial charge in [0, 0.05) is 84.2 Å². The molecule has 2 aliphatic rings. The standard InChI is InChI=1S/C24H25N5O3.C18H19N5O2.C6H8O3.CH4/c1-13-4-6-17(26-24-27-22(32-28-24)15-5-7-18(30)9-15)11-19(13)20-10-16-12-25-14(2)8-21(16)29(3)23(20)31;1-10-4-5-13(21-18(19)22-25)8-14(10)15-7-12-9-20-11(2)6-16(12)23(3)17(15)24;7-5-2-1-4(3-5)6(8)9;/h4,6,8,10-12,15,18,30H,5,7,9H2,1-3H3,(H,26,28);4-9,25H,1-3H3,(H3,19,21,22);4H,1-3H2,(H,8,9);1H4. The molecule has 0 amide bonds. The maximum absolute atomic E-state index is 13.2. The average molecular weight is 913 g/mol. The highest BCUT2D eigenvalue weighted by Gasteiger charge is 2.29. The van der Waals surface area contributed by atoms with Gasteiger partial charge in [0.25, 0.3) is 17.1 Å². The second kappa shape index (κ2) is 20.7. The minimum Gasteiger partial charge on any atom is -0.481 e. The van der Waals surface area contributed by atoms with E-state index < -0.39 is 11.9 Å². The number of ketones is 1. The molecule has 67 heavy (non-hydrogen) atoms. The van der Waals surface area contributed by atoms with Gasteiger partial charge in [0.2, 0.25) is 11.9 Å². The number of Topliss-reactive ketones (excluding diaryl/α,β-unsaturated/α-hetero) is 1. The largest absolute Gasteiger partial charge is 0.481 e. The fourth-order valence-electron chi connectivity index (χ4n) is 8.23. The molecule has 18 nitrogen and oxygen atoms in total. The van der Waals surface area contributed by atoms with Crippen molar-refractivity contribution in [2.24, 2.45) is 30.7 Å². The number of carboxylic acid groups (broad SMARTS) is 1. The number of aliphatic imine (C=N–C) groups is 1. The van der Waals surface area contributed by atoms with E-state index in [-0.39, 0.29) is 48.7 Å². The minimum absolute atomic E-state index is 0. The second-order valence-corrected chi connectivity index (χ2v) is 16.8. The van der Waals surface area contributed by atoms with Crippen LogP contribution in [0.25, 0.3) is 44.1 Å². The van der Waals surface area contributed by atoms with Crippen molar-refractivity contribution in [3.05, 3.63) is 122 Å². The Labute approximate surface area is 386 Å². The van der Waals surface area contributed by atoms with Crippen molar-refractivity contribution >= 4 is 56.8 Å². The summed E-state index contributed by atoms with van der Waals surface area (Å²) in [4.78, 5) is 63.9. The Morgan fingerprint density at radius 2 is 1.39 bits per heavy atom. The fourth-order valence-corrected chi connectivity index (χ4v) is 8.23. The smallest absolute Gasteiger partial charge is 0.306 e. The van der Waals surface area contributed by atoms with Gasteiger partial charge in [-0.2, -0.15) is 4.98 Å². The number of hydrogen-bond donors (Lipinski definition) is 6. The number of aromatic nitrogens is 6. The van der Waals surface area contributed by atoms with Gasteiger partial charge in [0.05, 0.1) is 28.7 Å². The quantitative estimate of drug-likeness (QED) is 0.0525. The molecule has 18 heteroatoms. The lowest BCUT2D eigenvalue weighted by molar-refractivity contribution is -0.142. The number of aliphatic hydroxyl groups excluding tert-OH is 1. The van der Waals surface area contributed by atoms with E-state index in [9.17, 15) is 24.3 Å². The van der Waals surface area contributed by atoms with Crippen LogP contribution in [0.5, 0.6) is 0 Å². The summed E-state index contributed by atoms with van der Waals surface area (Å²) < 4.78 is 8.70. The van der Waals surface area contributed by atoms with E-state index in [2.05, 4.69) is 30.4 Å². The van der Waals surface area contributed by atoms with Gasteiger partial charge in [-0.1, -0.05) is 19.6 Å². The first kappa shape index (κ1) is 48.9. The van der Waals surface area contributed by atoms with Crippen LogP contribution in [0.1, 0.15) is 80.3 Å². The van der Waals surface area contributed by atoms with E-state index in [0.717, 1.165) is 74.0 Å². The second-order valence-electron chi connectivity index (χ2n) is 16.8. The molecule has 2 aliphatic carbocycles. The number of hydroxylamine groups is 1. The van der Waals surface area contributed by atoms with Crippen LogP contribution in [0.3, 0.4) is 0 Å². The first-order valence-corrected chi connectivity index (χ1v) is 21.4. The summed E-state index contributed by atoms with van der Waals surface area (Å²) in [5.74, 6) is -0.258. The number of hydrogen-bond acceptors (Lipinski definition) is 13. The Hall–Kier alpha value is -7.57. The van der Waals surface area contributed by atoms with Crippen LogP contribution in [0.15, 0.2) is 92.2 Å². The number of aliphatic hydroxyl groups is 1. The number of anilines is 2. The highest BCUT2D eigenvalue weighted by Crippen LogP contribution is 2.35. The summed E-state index contributed by atoms with van der Waals surface area (Å²) in [6, 6.07) is 18.7. The molecule has 0 spiro atoms. The summed E-state index contributed by atoms with van der Waals surface area (Å²) in [6.45, 7) is 7.71. The number of pyridine rings is 4. The number of fused-ring (bicyclic) bond motifs is 2. The predicted molar refractivity (Wildman–Crippen MR) is 257 cm³/mol. The first-order valence-electron chi connectivity index (χ1n) is 21.4. The number of benzene rings is 2. The number of nitrogens with zero attached hydrogens (tertiary/aromatic N) is 7. The lowest BCUT2D eigenvalue weighted by Gasteiger charge is -2.12. The molecule has 5 aromatic heterocycles. The van der Waals surface area contributed by atoms with Gasteiger partial charge in [0.1, 0.15) is 5.78 Å². The monoisotopic (exact) mass is 912 g/mol. The van der Waals surface area contributed by atoms with E-state index in [1.54, 1.807) is 53.2 Å². The van der Waals surface area contributed by atoms with Gasteiger partial charge in [-0.3, -0.25) is 34.4 Å². The normalized spacial score (nSPS) is 16.7. The van der Waals surface area contributed by atoms with Crippen LogP contribution >= 0.6 is 0 Å². The molecule has 0 saturated heterocycles. The molecule has 5 heterocycles. The number of nitrogens with two attached hydrogens (primary N) is 1. The van der Waals surface area contributed by atoms with Crippen molar-refractivity contribution in [3.8, 4) is 22.3 Å². The van der Waals surface area contributed by atoms with E-state index in [1.165, 1.54) is 0 Å². The van der Waals surface area contributed by atoms with E-state index in [4.69, 9.17) is 20.6 Å². The van der Waals surface area contributed by atoms with Crippen LogP contribution < -0.4 is 27.6 Å². The molecule has 9 rings (SSSR count). The SMILES string of the molecule is C.Cc1cc2c(cn1)cc(-c1cc(N=C(N)NO)ccc1C)c(=O)n2C.Cc1cc2c(cn1)cc(-c1cc(Nc3noc(C4CCC(O)C4)n3)ccc1C)c(=O)n2C.O=C1CCC(C(=O)O)C1. The van der Waals surface area contributed by atoms with Crippen LogP contribution in [-0.2, 0) is 23.7 Å². The van der Waals surface area contributed by atoms with Crippen molar-refractivity contribution < 1.29 is 29.5 Å². The number of carbonyl (C=O) groups is 2. The molecule has 3 unspecified atom stereocenters. The van der Waals surface area contributed by atoms with Crippen molar-refractivity contribution in [3.63, 3.8) is 0 Å². The molecule has 0 bridgehead atoms. The van der Waals surface area contributed by atoms with E-state index >= 15 is 0 Å². The molecule has 2 saturated carbocycles. The maximum atomic E-state index is 13.2. The first-order chi connectivity index (χ1) is 31.5. The van der Waals surface area contributed by atoms with Crippen molar-refractivity contribution in [1.29, 1.82) is 0 Å². The van der Waals surface area contributed by atoms with Crippen LogP contribution in [0.4, 0.5) is 17.3 Å². The Morgan fingerprint density at radius 1 is 0.806 bits per heavy atom. The number of rotatable bonds is 7.